The van der Waals surface area contributed by atoms with Crippen molar-refractivity contribution in [1.82, 2.24) is 19.5 Å². The van der Waals surface area contributed by atoms with E-state index in [0.29, 0.717) is 0 Å². The Morgan fingerprint density at radius 3 is 3.08 bits per heavy atom. The Kier molecular flexibility index (Phi) is 4.49. The molecule has 11 heteroatoms. The standard InChI is InChI=1S/C15H17FN6O4/c1-3-15(5-25-13(24)7(2)17)8(23)4-9(26-15)22-6-19-10-11(18)20-14(16)21-12(10)22/h1,6-9,23H,4-5,17H2,2H3,(H2,18,20,21)/t7-,8-,9+,15+/m0/s1. The number of ether oxygens (including phenoxy) is 2. The van der Waals surface area contributed by atoms with E-state index in [9.17, 15) is 14.3 Å². The molecule has 2 aromatic rings. The summed E-state index contributed by atoms with van der Waals surface area (Å²) in [7, 11) is 0. The maximum absolute atomic E-state index is 13.5. The molecule has 3 heterocycles. The Morgan fingerprint density at radius 1 is 1.69 bits per heavy atom. The monoisotopic (exact) mass is 364 g/mol. The minimum atomic E-state index is -1.58. The molecular weight excluding hydrogens is 347 g/mol. The topological polar surface area (TPSA) is 151 Å². The normalized spacial score (nSPS) is 26.6. The number of carbonyl (C=O) groups is 1. The molecule has 0 aliphatic carbocycles. The Labute approximate surface area is 147 Å². The van der Waals surface area contributed by atoms with Crippen molar-refractivity contribution in [2.45, 2.75) is 37.3 Å². The number of aliphatic hydroxyl groups excluding tert-OH is 1. The summed E-state index contributed by atoms with van der Waals surface area (Å²) in [5.74, 6) is 1.52. The fourth-order valence-electron chi connectivity index (χ4n) is 2.65. The van der Waals surface area contributed by atoms with E-state index in [2.05, 4.69) is 20.9 Å². The lowest BCUT2D eigenvalue weighted by molar-refractivity contribution is -0.157. The van der Waals surface area contributed by atoms with E-state index in [1.165, 1.54) is 17.8 Å². The van der Waals surface area contributed by atoms with Crippen molar-refractivity contribution in [3.8, 4) is 12.3 Å². The van der Waals surface area contributed by atoms with Crippen molar-refractivity contribution >= 4 is 23.0 Å². The van der Waals surface area contributed by atoms with E-state index in [0.717, 1.165) is 0 Å². The van der Waals surface area contributed by atoms with Crippen LogP contribution in [0.25, 0.3) is 11.2 Å². The molecule has 1 fully saturated rings. The van der Waals surface area contributed by atoms with Crippen LogP contribution in [0.1, 0.15) is 19.6 Å². The van der Waals surface area contributed by atoms with Crippen LogP contribution in [-0.4, -0.2) is 54.9 Å². The van der Waals surface area contributed by atoms with Crippen molar-refractivity contribution in [3.05, 3.63) is 12.4 Å². The number of nitrogens with two attached hydrogens (primary N) is 2. The smallest absolute Gasteiger partial charge is 0.322 e. The van der Waals surface area contributed by atoms with Gasteiger partial charge < -0.3 is 26.0 Å². The van der Waals surface area contributed by atoms with Crippen molar-refractivity contribution in [1.29, 1.82) is 0 Å². The number of aliphatic hydroxyl groups is 1. The fourth-order valence-corrected chi connectivity index (χ4v) is 2.65. The first-order valence-corrected chi connectivity index (χ1v) is 7.69. The van der Waals surface area contributed by atoms with Crippen LogP contribution < -0.4 is 11.5 Å². The van der Waals surface area contributed by atoms with Crippen molar-refractivity contribution in [2.75, 3.05) is 12.3 Å². The fraction of sp³-hybridized carbons (Fsp3) is 0.467. The number of aromatic nitrogens is 4. The first kappa shape index (κ1) is 18.0. The molecule has 26 heavy (non-hydrogen) atoms. The first-order chi connectivity index (χ1) is 12.3. The molecule has 0 aromatic carbocycles. The number of hydrogen-bond donors (Lipinski definition) is 3. The van der Waals surface area contributed by atoms with Crippen LogP contribution in [0.2, 0.25) is 0 Å². The molecule has 138 valence electrons. The van der Waals surface area contributed by atoms with Gasteiger partial charge in [0.25, 0.3) is 0 Å². The molecule has 1 aliphatic heterocycles. The molecule has 0 unspecified atom stereocenters. The van der Waals surface area contributed by atoms with Gasteiger partial charge in [-0.15, -0.1) is 6.42 Å². The van der Waals surface area contributed by atoms with Crippen molar-refractivity contribution in [3.63, 3.8) is 0 Å². The lowest BCUT2D eigenvalue weighted by Crippen LogP contribution is -2.44. The second-order valence-electron chi connectivity index (χ2n) is 5.96. The number of imidazole rings is 1. The van der Waals surface area contributed by atoms with Gasteiger partial charge in [-0.3, -0.25) is 9.36 Å². The Bertz CT molecular complexity index is 894. The van der Waals surface area contributed by atoms with Crippen LogP contribution in [0.4, 0.5) is 10.2 Å². The molecule has 2 aromatic heterocycles. The van der Waals surface area contributed by atoms with Gasteiger partial charge in [0, 0.05) is 6.42 Å². The van der Waals surface area contributed by atoms with Crippen LogP contribution in [-0.2, 0) is 14.3 Å². The molecule has 5 N–H and O–H groups in total. The summed E-state index contributed by atoms with van der Waals surface area (Å²) in [4.78, 5) is 22.7. The maximum Gasteiger partial charge on any atom is 0.322 e. The van der Waals surface area contributed by atoms with Gasteiger partial charge in [0.2, 0.25) is 0 Å². The van der Waals surface area contributed by atoms with E-state index >= 15 is 0 Å². The predicted octanol–water partition coefficient (Wildman–Crippen LogP) is -0.910. The highest BCUT2D eigenvalue weighted by atomic mass is 19.1. The molecular formula is C15H17FN6O4. The third-order valence-corrected chi connectivity index (χ3v) is 4.09. The average Bonchev–Trinajstić information content (AvgIpc) is 3.14. The average molecular weight is 364 g/mol. The number of halogens is 1. The van der Waals surface area contributed by atoms with E-state index in [1.807, 2.05) is 0 Å². The summed E-state index contributed by atoms with van der Waals surface area (Å²) in [6, 6.07) is -0.848. The molecule has 0 bridgehead atoms. The molecule has 0 spiro atoms. The molecule has 0 saturated carbocycles. The van der Waals surface area contributed by atoms with Gasteiger partial charge in [0.1, 0.15) is 25.0 Å². The zero-order valence-corrected chi connectivity index (χ0v) is 13.8. The predicted molar refractivity (Wildman–Crippen MR) is 86.6 cm³/mol. The van der Waals surface area contributed by atoms with Gasteiger partial charge >= 0.3 is 12.0 Å². The summed E-state index contributed by atoms with van der Waals surface area (Å²) in [5, 5.41) is 10.4. The third kappa shape index (κ3) is 2.94. The number of nitrogens with zero attached hydrogens (tertiary/aromatic N) is 4. The summed E-state index contributed by atoms with van der Waals surface area (Å²) >= 11 is 0. The van der Waals surface area contributed by atoms with E-state index < -0.39 is 36.0 Å². The molecule has 0 amide bonds. The van der Waals surface area contributed by atoms with Gasteiger partial charge in [-0.2, -0.15) is 14.4 Å². The molecule has 10 nitrogen and oxygen atoms in total. The zero-order valence-electron chi connectivity index (χ0n) is 13.8. The Morgan fingerprint density at radius 2 is 2.42 bits per heavy atom. The zero-order chi connectivity index (χ0) is 19.1. The van der Waals surface area contributed by atoms with Crippen LogP contribution in [0.3, 0.4) is 0 Å². The third-order valence-electron chi connectivity index (χ3n) is 4.09. The highest BCUT2D eigenvalue weighted by Crippen LogP contribution is 2.38. The second-order valence-corrected chi connectivity index (χ2v) is 5.96. The quantitative estimate of drug-likeness (QED) is 0.356. The first-order valence-electron chi connectivity index (χ1n) is 7.69. The Balaban J connectivity index is 1.88. The van der Waals surface area contributed by atoms with Gasteiger partial charge in [-0.25, -0.2) is 4.98 Å². The summed E-state index contributed by atoms with van der Waals surface area (Å²) < 4.78 is 25.7. The van der Waals surface area contributed by atoms with Crippen LogP contribution in [0.5, 0.6) is 0 Å². The van der Waals surface area contributed by atoms with Crippen LogP contribution in [0.15, 0.2) is 6.33 Å². The number of fused-ring (bicyclic) bond motifs is 1. The van der Waals surface area contributed by atoms with E-state index in [-0.39, 0.29) is 30.0 Å². The summed E-state index contributed by atoms with van der Waals surface area (Å²) in [6.07, 6.45) is 3.87. The second kappa shape index (κ2) is 6.49. The Hall–Kier alpha value is -2.81. The van der Waals surface area contributed by atoms with Crippen LogP contribution >= 0.6 is 0 Å². The van der Waals surface area contributed by atoms with E-state index in [4.69, 9.17) is 27.4 Å². The minimum absolute atomic E-state index is 0.0386. The largest absolute Gasteiger partial charge is 0.460 e. The number of terminal acetylenes is 1. The molecule has 1 aliphatic rings. The van der Waals surface area contributed by atoms with Gasteiger partial charge in [0.15, 0.2) is 22.6 Å². The number of anilines is 1. The lowest BCUT2D eigenvalue weighted by atomic mass is 9.99. The van der Waals surface area contributed by atoms with Crippen LogP contribution in [0, 0.1) is 18.4 Å². The minimum Gasteiger partial charge on any atom is -0.460 e. The van der Waals surface area contributed by atoms with Gasteiger partial charge in [-0.1, -0.05) is 5.92 Å². The molecule has 0 radical (unpaired) electrons. The molecule has 3 rings (SSSR count). The summed E-state index contributed by atoms with van der Waals surface area (Å²) in [5.41, 5.74) is 9.75. The van der Waals surface area contributed by atoms with Crippen molar-refractivity contribution in [2.24, 2.45) is 5.73 Å². The maximum atomic E-state index is 13.5. The molecule has 1 saturated heterocycles. The van der Waals surface area contributed by atoms with Gasteiger partial charge in [0.05, 0.1) is 6.33 Å². The SMILES string of the molecule is C#C[C@]1(COC(=O)[C@H](C)N)O[C@@H](n2cnc3c(N)nc(F)nc32)C[C@@H]1O. The van der Waals surface area contributed by atoms with E-state index in [1.54, 1.807) is 0 Å². The number of esters is 1. The molecule has 4 atom stereocenters. The highest BCUT2D eigenvalue weighted by Gasteiger charge is 2.49. The number of hydrogen-bond acceptors (Lipinski definition) is 9. The summed E-state index contributed by atoms with van der Waals surface area (Å²) in [6.45, 7) is 1.07. The number of nitrogen functional groups attached to an aromatic ring is 1. The number of rotatable bonds is 4. The highest BCUT2D eigenvalue weighted by molar-refractivity contribution is 5.81. The lowest BCUT2D eigenvalue weighted by Gasteiger charge is -2.26. The van der Waals surface area contributed by atoms with Crippen molar-refractivity contribution < 1.29 is 23.8 Å². The number of carbonyl (C=O) groups excluding carboxylic acids is 1. The van der Waals surface area contributed by atoms with Gasteiger partial charge in [-0.05, 0) is 6.92 Å².